The van der Waals surface area contributed by atoms with E-state index < -0.39 is 0 Å². The quantitative estimate of drug-likeness (QED) is 0.125. The highest BCUT2D eigenvalue weighted by molar-refractivity contribution is 5.92. The summed E-state index contributed by atoms with van der Waals surface area (Å²) in [6.45, 7) is 9.00. The molecule has 0 fully saturated rings. The number of hydrogen-bond acceptors (Lipinski definition) is 0. The zero-order chi connectivity index (χ0) is 37.3. The first-order valence-corrected chi connectivity index (χ1v) is 18.8. The van der Waals surface area contributed by atoms with E-state index in [1.165, 1.54) is 89.0 Å². The Morgan fingerprint density at radius 2 is 0.519 bits per heavy atom. The van der Waals surface area contributed by atoms with E-state index in [9.17, 15) is 0 Å². The van der Waals surface area contributed by atoms with Crippen LogP contribution in [0.4, 0.5) is 0 Å². The third-order valence-corrected chi connectivity index (χ3v) is 10.5. The normalized spacial score (nSPS) is 11.2. The molecule has 0 aromatic heterocycles. The van der Waals surface area contributed by atoms with Gasteiger partial charge in [0.2, 0.25) is 0 Å². The smallest absolute Gasteiger partial charge is 0.0105 e. The molecule has 0 aliphatic carbocycles. The third kappa shape index (κ3) is 8.41. The molecule has 0 N–H and O–H groups in total. The molecule has 262 valence electrons. The molecule has 7 rings (SSSR count). The molecule has 0 amide bonds. The molecular weight excluding hydrogens is 649 g/mol. The van der Waals surface area contributed by atoms with Crippen molar-refractivity contribution in [3.8, 4) is 0 Å². The highest BCUT2D eigenvalue weighted by Gasteiger charge is 2.12. The Morgan fingerprint density at radius 3 is 0.778 bits per heavy atom. The second-order valence-corrected chi connectivity index (χ2v) is 13.9. The van der Waals surface area contributed by atoms with Gasteiger partial charge >= 0.3 is 0 Å². The van der Waals surface area contributed by atoms with Gasteiger partial charge in [-0.25, -0.2) is 0 Å². The Hall–Kier alpha value is -6.50. The molecule has 0 atom stereocenters. The lowest BCUT2D eigenvalue weighted by atomic mass is 9.88. The van der Waals surface area contributed by atoms with Crippen molar-refractivity contribution in [1.29, 1.82) is 0 Å². The van der Waals surface area contributed by atoms with Crippen LogP contribution in [0, 0.1) is 27.7 Å². The summed E-state index contributed by atoms with van der Waals surface area (Å²) in [4.78, 5) is 0. The van der Waals surface area contributed by atoms with Gasteiger partial charge in [0.25, 0.3) is 0 Å². The molecule has 0 spiro atoms. The lowest BCUT2D eigenvalue weighted by molar-refractivity contribution is 1.21. The number of rotatable bonds is 10. The minimum Gasteiger partial charge on any atom is -0.0622 e. The monoisotopic (exact) mass is 694 g/mol. The van der Waals surface area contributed by atoms with Crippen molar-refractivity contribution in [2.75, 3.05) is 0 Å². The molecule has 0 bridgehead atoms. The average Bonchev–Trinajstić information content (AvgIpc) is 3.23. The van der Waals surface area contributed by atoms with Crippen molar-refractivity contribution >= 4 is 47.6 Å². The molecule has 0 heteroatoms. The van der Waals surface area contributed by atoms with Gasteiger partial charge < -0.3 is 0 Å². The van der Waals surface area contributed by atoms with Crippen LogP contribution in [0.1, 0.15) is 77.9 Å². The van der Waals surface area contributed by atoms with Crippen LogP contribution < -0.4 is 0 Å². The van der Waals surface area contributed by atoms with Gasteiger partial charge in [-0.1, -0.05) is 194 Å². The summed E-state index contributed by atoms with van der Waals surface area (Å²) in [6, 6.07) is 60.2. The standard InChI is InChI=1S/C54H46/c1-39-40(2)52(36-34-44-27-31-46(32-28-44)38-54(49-21-13-7-14-22-49)50-23-15-8-16-24-50)42(4)41(3)51(39)35-33-43-25-29-45(30-26-43)37-53(47-17-9-5-10-18-47)48-19-11-6-12-20-48/h5-38H,1-4H3. The van der Waals surface area contributed by atoms with Crippen molar-refractivity contribution in [1.82, 2.24) is 0 Å². The summed E-state index contributed by atoms with van der Waals surface area (Å²) in [7, 11) is 0. The lowest BCUT2D eigenvalue weighted by Crippen LogP contribution is -1.99. The molecular formula is C54H46. The minimum absolute atomic E-state index is 1.18. The maximum absolute atomic E-state index is 2.29. The lowest BCUT2D eigenvalue weighted by Gasteiger charge is -2.17. The van der Waals surface area contributed by atoms with Crippen molar-refractivity contribution in [3.05, 3.63) is 248 Å². The van der Waals surface area contributed by atoms with Crippen LogP contribution >= 0.6 is 0 Å². The van der Waals surface area contributed by atoms with Crippen LogP contribution in [0.15, 0.2) is 170 Å². The molecule has 0 unspecified atom stereocenters. The summed E-state index contributed by atoms with van der Waals surface area (Å²) < 4.78 is 0. The first-order chi connectivity index (χ1) is 26.4. The van der Waals surface area contributed by atoms with Gasteiger partial charge in [0.15, 0.2) is 0 Å². The van der Waals surface area contributed by atoms with E-state index in [1.807, 2.05) is 0 Å². The SMILES string of the molecule is Cc1c(C)c(C=Cc2ccc(C=C(c3ccccc3)c3ccccc3)cc2)c(C)c(C)c1C=Cc1ccc(C=C(c2ccccc2)c2ccccc2)cc1. The maximum Gasteiger partial charge on any atom is -0.0105 e. The Labute approximate surface area is 321 Å². The van der Waals surface area contributed by atoms with E-state index in [-0.39, 0.29) is 0 Å². The summed E-state index contributed by atoms with van der Waals surface area (Å²) in [5, 5.41) is 0. The van der Waals surface area contributed by atoms with E-state index in [0.29, 0.717) is 0 Å². The molecule has 7 aromatic rings. The Morgan fingerprint density at radius 1 is 0.278 bits per heavy atom. The first-order valence-electron chi connectivity index (χ1n) is 18.8. The van der Waals surface area contributed by atoms with E-state index >= 15 is 0 Å². The van der Waals surface area contributed by atoms with Crippen LogP contribution in [0.2, 0.25) is 0 Å². The fourth-order valence-electron chi connectivity index (χ4n) is 7.11. The van der Waals surface area contributed by atoms with Crippen LogP contribution in [-0.2, 0) is 0 Å². The highest BCUT2D eigenvalue weighted by Crippen LogP contribution is 2.31. The van der Waals surface area contributed by atoms with E-state index in [1.54, 1.807) is 0 Å². The molecule has 7 aromatic carbocycles. The zero-order valence-electron chi connectivity index (χ0n) is 31.6. The van der Waals surface area contributed by atoms with Gasteiger partial charge in [-0.2, -0.15) is 0 Å². The second kappa shape index (κ2) is 16.9. The molecule has 0 saturated carbocycles. The minimum atomic E-state index is 1.18. The van der Waals surface area contributed by atoms with Gasteiger partial charge in [-0.05, 0) is 129 Å². The summed E-state index contributed by atoms with van der Waals surface area (Å²) in [5.41, 5.74) is 19.9. The summed E-state index contributed by atoms with van der Waals surface area (Å²) in [6.07, 6.45) is 13.6. The topological polar surface area (TPSA) is 0 Å². The molecule has 0 nitrogen and oxygen atoms in total. The fourth-order valence-corrected chi connectivity index (χ4v) is 7.11. The Balaban J connectivity index is 1.09. The Bertz CT molecular complexity index is 2150. The summed E-state index contributed by atoms with van der Waals surface area (Å²) in [5.74, 6) is 0. The van der Waals surface area contributed by atoms with Crippen molar-refractivity contribution < 1.29 is 0 Å². The van der Waals surface area contributed by atoms with Crippen molar-refractivity contribution in [3.63, 3.8) is 0 Å². The van der Waals surface area contributed by atoms with Crippen molar-refractivity contribution in [2.45, 2.75) is 27.7 Å². The van der Waals surface area contributed by atoms with Gasteiger partial charge in [0.05, 0.1) is 0 Å². The molecule has 0 saturated heterocycles. The van der Waals surface area contributed by atoms with Gasteiger partial charge in [-0.15, -0.1) is 0 Å². The van der Waals surface area contributed by atoms with Crippen LogP contribution in [0.3, 0.4) is 0 Å². The highest BCUT2D eigenvalue weighted by atomic mass is 14.2. The van der Waals surface area contributed by atoms with Gasteiger partial charge in [-0.3, -0.25) is 0 Å². The van der Waals surface area contributed by atoms with E-state index in [2.05, 4.69) is 234 Å². The maximum atomic E-state index is 2.29. The first kappa shape index (κ1) is 35.9. The van der Waals surface area contributed by atoms with E-state index in [0.717, 1.165) is 0 Å². The molecule has 54 heavy (non-hydrogen) atoms. The molecule has 0 radical (unpaired) electrons. The molecule has 0 heterocycles. The zero-order valence-corrected chi connectivity index (χ0v) is 31.6. The third-order valence-electron chi connectivity index (χ3n) is 10.5. The number of hydrogen-bond donors (Lipinski definition) is 0. The van der Waals surface area contributed by atoms with Crippen LogP contribution in [-0.4, -0.2) is 0 Å². The Kier molecular flexibility index (Phi) is 11.2. The van der Waals surface area contributed by atoms with Gasteiger partial charge in [0, 0.05) is 0 Å². The molecule has 0 aliphatic heterocycles. The molecule has 0 aliphatic rings. The fraction of sp³-hybridized carbons (Fsp3) is 0.0741. The average molecular weight is 695 g/mol. The van der Waals surface area contributed by atoms with Crippen LogP contribution in [0.5, 0.6) is 0 Å². The summed E-state index contributed by atoms with van der Waals surface area (Å²) >= 11 is 0. The van der Waals surface area contributed by atoms with E-state index in [4.69, 9.17) is 0 Å². The number of benzene rings is 7. The van der Waals surface area contributed by atoms with Crippen LogP contribution in [0.25, 0.3) is 47.6 Å². The second-order valence-electron chi connectivity index (χ2n) is 13.9. The largest absolute Gasteiger partial charge is 0.0622 e. The van der Waals surface area contributed by atoms with Crippen molar-refractivity contribution in [2.24, 2.45) is 0 Å². The predicted molar refractivity (Wildman–Crippen MR) is 236 cm³/mol. The predicted octanol–water partition coefficient (Wildman–Crippen LogP) is 14.4. The van der Waals surface area contributed by atoms with Gasteiger partial charge in [0.1, 0.15) is 0 Å².